The standard InChI is InChI=1S/C17H22INO4/c18-12-9-15-14(22-10-23-15)8-11(12)3-7-19-6-1-4-17(19)5-2-13(20)16(17)21/h8-9,13,16,20-21H,1-7,10H2/t13-,16-,17-/m0/s1. The molecular formula is C17H22INO4. The van der Waals surface area contributed by atoms with Crippen molar-refractivity contribution in [3.63, 3.8) is 0 Å². The summed E-state index contributed by atoms with van der Waals surface area (Å²) in [5.41, 5.74) is 1.05. The van der Waals surface area contributed by atoms with E-state index in [1.807, 2.05) is 6.07 Å². The summed E-state index contributed by atoms with van der Waals surface area (Å²) in [6, 6.07) is 4.11. The van der Waals surface area contributed by atoms with Crippen molar-refractivity contribution in [2.24, 2.45) is 0 Å². The van der Waals surface area contributed by atoms with Crippen molar-refractivity contribution in [3.05, 3.63) is 21.3 Å². The fourth-order valence-electron chi connectivity index (χ4n) is 4.38. The van der Waals surface area contributed by atoms with Gasteiger partial charge in [-0.15, -0.1) is 0 Å². The molecule has 2 heterocycles. The zero-order chi connectivity index (χ0) is 16.0. The van der Waals surface area contributed by atoms with Crippen LogP contribution in [0.25, 0.3) is 0 Å². The lowest BCUT2D eigenvalue weighted by atomic mass is 9.91. The Morgan fingerprint density at radius 3 is 2.74 bits per heavy atom. The highest BCUT2D eigenvalue weighted by Gasteiger charge is 2.52. The number of likely N-dealkylation sites (tertiary alicyclic amines) is 1. The van der Waals surface area contributed by atoms with Gasteiger partial charge in [0.1, 0.15) is 0 Å². The van der Waals surface area contributed by atoms with Crippen LogP contribution >= 0.6 is 22.6 Å². The lowest BCUT2D eigenvalue weighted by molar-refractivity contribution is -0.0370. The third-order valence-electron chi connectivity index (χ3n) is 5.65. The third kappa shape index (κ3) is 2.63. The number of hydrogen-bond acceptors (Lipinski definition) is 5. The molecule has 1 saturated carbocycles. The molecule has 2 N–H and O–H groups in total. The Morgan fingerprint density at radius 2 is 2.00 bits per heavy atom. The van der Waals surface area contributed by atoms with Crippen LogP contribution in [-0.2, 0) is 6.42 Å². The van der Waals surface area contributed by atoms with Crippen molar-refractivity contribution in [1.29, 1.82) is 0 Å². The van der Waals surface area contributed by atoms with Gasteiger partial charge in [-0.05, 0) is 78.9 Å². The summed E-state index contributed by atoms with van der Waals surface area (Å²) >= 11 is 2.34. The smallest absolute Gasteiger partial charge is 0.231 e. The van der Waals surface area contributed by atoms with Crippen LogP contribution in [0.2, 0.25) is 0 Å². The third-order valence-corrected chi connectivity index (χ3v) is 6.65. The number of nitrogens with zero attached hydrogens (tertiary/aromatic N) is 1. The number of benzene rings is 1. The summed E-state index contributed by atoms with van der Waals surface area (Å²) in [4.78, 5) is 2.40. The van der Waals surface area contributed by atoms with Gasteiger partial charge in [0.25, 0.3) is 0 Å². The summed E-state index contributed by atoms with van der Waals surface area (Å²) in [6.45, 7) is 2.21. The predicted octanol–water partition coefficient (Wildman–Crippen LogP) is 1.91. The molecule has 126 valence electrons. The van der Waals surface area contributed by atoms with E-state index >= 15 is 0 Å². The van der Waals surface area contributed by atoms with E-state index in [0.29, 0.717) is 13.2 Å². The van der Waals surface area contributed by atoms with Crippen LogP contribution in [-0.4, -0.2) is 52.7 Å². The fourth-order valence-corrected chi connectivity index (χ4v) is 5.09. The first kappa shape index (κ1) is 15.9. The molecule has 1 aromatic rings. The molecule has 1 spiro atoms. The van der Waals surface area contributed by atoms with Gasteiger partial charge in [-0.3, -0.25) is 4.90 Å². The minimum absolute atomic E-state index is 0.207. The quantitative estimate of drug-likeness (QED) is 0.717. The number of aliphatic hydroxyl groups is 2. The highest BCUT2D eigenvalue weighted by atomic mass is 127. The Labute approximate surface area is 149 Å². The average Bonchev–Trinajstić information content (AvgIpc) is 3.22. The summed E-state index contributed by atoms with van der Waals surface area (Å²) < 4.78 is 12.1. The van der Waals surface area contributed by atoms with Crippen LogP contribution in [0, 0.1) is 3.57 Å². The molecule has 0 radical (unpaired) electrons. The van der Waals surface area contributed by atoms with E-state index in [0.717, 1.165) is 50.3 Å². The minimum Gasteiger partial charge on any atom is -0.454 e. The average molecular weight is 431 g/mol. The van der Waals surface area contributed by atoms with Gasteiger partial charge in [0.2, 0.25) is 6.79 Å². The first-order chi connectivity index (χ1) is 11.1. The molecule has 0 bridgehead atoms. The van der Waals surface area contributed by atoms with Crippen LogP contribution in [0.3, 0.4) is 0 Å². The SMILES string of the molecule is O[C@H]1CC[C@@]2(CCCN2CCc2cc3c(cc2I)OCO3)[C@H]1O. The molecule has 0 unspecified atom stereocenters. The number of fused-ring (bicyclic) bond motifs is 1. The topological polar surface area (TPSA) is 62.2 Å². The zero-order valence-electron chi connectivity index (χ0n) is 13.0. The lowest BCUT2D eigenvalue weighted by Crippen LogP contribution is -2.52. The van der Waals surface area contributed by atoms with E-state index in [-0.39, 0.29) is 5.54 Å². The Bertz CT molecular complexity index is 611. The van der Waals surface area contributed by atoms with E-state index in [4.69, 9.17) is 9.47 Å². The van der Waals surface area contributed by atoms with Gasteiger partial charge in [-0.25, -0.2) is 0 Å². The molecule has 1 aromatic carbocycles. The molecule has 1 saturated heterocycles. The first-order valence-corrected chi connectivity index (χ1v) is 9.37. The van der Waals surface area contributed by atoms with E-state index in [1.165, 1.54) is 9.13 Å². The fraction of sp³-hybridized carbons (Fsp3) is 0.647. The number of aliphatic hydroxyl groups excluding tert-OH is 2. The first-order valence-electron chi connectivity index (χ1n) is 8.29. The largest absolute Gasteiger partial charge is 0.454 e. The van der Waals surface area contributed by atoms with Crippen molar-refractivity contribution in [3.8, 4) is 11.5 Å². The summed E-state index contributed by atoms with van der Waals surface area (Å²) in [5, 5.41) is 20.4. The van der Waals surface area contributed by atoms with Crippen molar-refractivity contribution < 1.29 is 19.7 Å². The van der Waals surface area contributed by atoms with Crippen LogP contribution in [0.1, 0.15) is 31.2 Å². The van der Waals surface area contributed by atoms with Crippen LogP contribution in [0.5, 0.6) is 11.5 Å². The number of hydrogen-bond donors (Lipinski definition) is 2. The van der Waals surface area contributed by atoms with Gasteiger partial charge in [-0.1, -0.05) is 0 Å². The van der Waals surface area contributed by atoms with E-state index < -0.39 is 12.2 Å². The summed E-state index contributed by atoms with van der Waals surface area (Å²) in [6.07, 6.45) is 3.43. The molecule has 2 aliphatic heterocycles. The molecule has 2 fully saturated rings. The maximum Gasteiger partial charge on any atom is 0.231 e. The highest BCUT2D eigenvalue weighted by molar-refractivity contribution is 14.1. The number of rotatable bonds is 3. The second-order valence-electron chi connectivity index (χ2n) is 6.79. The number of ether oxygens (including phenoxy) is 2. The van der Waals surface area contributed by atoms with Gasteiger partial charge >= 0.3 is 0 Å². The molecule has 0 aromatic heterocycles. The molecule has 1 aliphatic carbocycles. The maximum atomic E-state index is 10.5. The maximum absolute atomic E-state index is 10.5. The molecule has 5 nitrogen and oxygen atoms in total. The summed E-state index contributed by atoms with van der Waals surface area (Å²) in [5.74, 6) is 1.65. The Morgan fingerprint density at radius 1 is 1.22 bits per heavy atom. The zero-order valence-corrected chi connectivity index (χ0v) is 15.2. The normalized spacial score (nSPS) is 33.0. The van der Waals surface area contributed by atoms with E-state index in [2.05, 4.69) is 33.6 Å². The molecule has 3 atom stereocenters. The second-order valence-corrected chi connectivity index (χ2v) is 7.95. The Kier molecular flexibility index (Phi) is 4.19. The van der Waals surface area contributed by atoms with Crippen molar-refractivity contribution in [2.45, 2.75) is 49.9 Å². The van der Waals surface area contributed by atoms with E-state index in [1.54, 1.807) is 0 Å². The van der Waals surface area contributed by atoms with Gasteiger partial charge < -0.3 is 19.7 Å². The van der Waals surface area contributed by atoms with Crippen molar-refractivity contribution >= 4 is 22.6 Å². The molecule has 0 amide bonds. The molecule has 4 rings (SSSR count). The predicted molar refractivity (Wildman–Crippen MR) is 93.8 cm³/mol. The molecule has 23 heavy (non-hydrogen) atoms. The van der Waals surface area contributed by atoms with Crippen LogP contribution in [0.15, 0.2) is 12.1 Å². The Hall–Kier alpha value is -0.570. The van der Waals surface area contributed by atoms with Crippen molar-refractivity contribution in [2.75, 3.05) is 19.9 Å². The van der Waals surface area contributed by atoms with Crippen LogP contribution < -0.4 is 9.47 Å². The van der Waals surface area contributed by atoms with Gasteiger partial charge in [-0.2, -0.15) is 0 Å². The lowest BCUT2D eigenvalue weighted by Gasteiger charge is -2.38. The molecule has 3 aliphatic rings. The summed E-state index contributed by atoms with van der Waals surface area (Å²) in [7, 11) is 0. The highest BCUT2D eigenvalue weighted by Crippen LogP contribution is 2.43. The van der Waals surface area contributed by atoms with Crippen LogP contribution in [0.4, 0.5) is 0 Å². The Balaban J connectivity index is 1.49. The van der Waals surface area contributed by atoms with Gasteiger partial charge in [0.15, 0.2) is 11.5 Å². The molecular weight excluding hydrogens is 409 g/mol. The number of halogens is 1. The second kappa shape index (κ2) is 6.06. The van der Waals surface area contributed by atoms with Gasteiger partial charge in [0, 0.05) is 15.7 Å². The monoisotopic (exact) mass is 431 g/mol. The minimum atomic E-state index is -0.610. The van der Waals surface area contributed by atoms with Crippen molar-refractivity contribution in [1.82, 2.24) is 4.90 Å². The van der Waals surface area contributed by atoms with E-state index in [9.17, 15) is 10.2 Å². The molecule has 6 heteroatoms. The van der Waals surface area contributed by atoms with Gasteiger partial charge in [0.05, 0.1) is 12.2 Å².